The molecular weight excluding hydrogens is 308 g/mol. The van der Waals surface area contributed by atoms with Gasteiger partial charge in [-0.25, -0.2) is 4.98 Å². The second kappa shape index (κ2) is 7.66. The van der Waals surface area contributed by atoms with E-state index < -0.39 is 0 Å². The van der Waals surface area contributed by atoms with Crippen LogP contribution in [0.5, 0.6) is 0 Å². The summed E-state index contributed by atoms with van der Waals surface area (Å²) >= 11 is 1.74. The largest absolute Gasteiger partial charge is 0.354 e. The lowest BCUT2D eigenvalue weighted by molar-refractivity contribution is -0.124. The molecule has 1 aliphatic heterocycles. The summed E-state index contributed by atoms with van der Waals surface area (Å²) in [6.07, 6.45) is 6.98. The van der Waals surface area contributed by atoms with Gasteiger partial charge in [0.15, 0.2) is 0 Å². The number of nitrogens with one attached hydrogen (secondary N) is 1. The first-order valence-electron chi connectivity index (χ1n) is 7.91. The number of carbonyl (C=O) groups is 1. The van der Waals surface area contributed by atoms with Crippen LogP contribution in [0.25, 0.3) is 11.4 Å². The van der Waals surface area contributed by atoms with E-state index >= 15 is 0 Å². The third kappa shape index (κ3) is 4.14. The van der Waals surface area contributed by atoms with Gasteiger partial charge in [0.2, 0.25) is 5.91 Å². The molecule has 23 heavy (non-hydrogen) atoms. The Morgan fingerprint density at radius 2 is 2.09 bits per heavy atom. The van der Waals surface area contributed by atoms with Gasteiger partial charge in [-0.05, 0) is 24.8 Å². The Kier molecular flexibility index (Phi) is 5.35. The number of imidazole rings is 1. The molecule has 0 radical (unpaired) electrons. The van der Waals surface area contributed by atoms with Gasteiger partial charge in [0.25, 0.3) is 0 Å². The van der Waals surface area contributed by atoms with E-state index in [1.807, 2.05) is 12.4 Å². The molecule has 2 aromatic rings. The third-order valence-electron chi connectivity index (χ3n) is 4.05. The van der Waals surface area contributed by atoms with Gasteiger partial charge >= 0.3 is 0 Å². The van der Waals surface area contributed by atoms with E-state index in [9.17, 15) is 4.79 Å². The van der Waals surface area contributed by atoms with Gasteiger partial charge in [-0.15, -0.1) is 11.8 Å². The predicted octanol–water partition coefficient (Wildman–Crippen LogP) is 2.09. The summed E-state index contributed by atoms with van der Waals surface area (Å²) in [5.41, 5.74) is 1.14. The molecule has 1 amide bonds. The van der Waals surface area contributed by atoms with Crippen LogP contribution in [0.4, 0.5) is 0 Å². The molecule has 6 heteroatoms. The van der Waals surface area contributed by atoms with Gasteiger partial charge in [-0.2, -0.15) is 0 Å². The maximum atomic E-state index is 11.4. The number of aromatic nitrogens is 2. The molecule has 3 rings (SSSR count). The Bertz CT molecular complexity index is 653. The number of aryl methyl sites for hydroxylation is 1. The molecule has 5 nitrogen and oxygen atoms in total. The molecule has 1 fully saturated rings. The first-order valence-corrected chi connectivity index (χ1v) is 9.13. The molecule has 0 aliphatic carbocycles. The molecule has 0 saturated carbocycles. The zero-order valence-corrected chi connectivity index (χ0v) is 14.2. The lowest BCUT2D eigenvalue weighted by atomic mass is 10.2. The fourth-order valence-electron chi connectivity index (χ4n) is 2.84. The van der Waals surface area contributed by atoms with Gasteiger partial charge in [-0.3, -0.25) is 9.69 Å². The molecule has 0 bridgehead atoms. The van der Waals surface area contributed by atoms with Crippen molar-refractivity contribution < 1.29 is 4.79 Å². The Morgan fingerprint density at radius 1 is 1.26 bits per heavy atom. The van der Waals surface area contributed by atoms with Crippen molar-refractivity contribution in [3.05, 3.63) is 36.7 Å². The predicted molar refractivity (Wildman–Crippen MR) is 93.5 cm³/mol. The molecule has 1 aromatic heterocycles. The van der Waals surface area contributed by atoms with E-state index in [1.54, 1.807) is 11.8 Å². The standard InChI is InChI=1S/C17H22N4OS/c1-23-15-5-3-14(4-6-15)17-19-8-12-21(17)10-2-9-20-11-7-18-16(22)13-20/h3-6,8,12H,2,7,9-11,13H2,1H3,(H,18,22). The normalized spacial score (nSPS) is 15.6. The van der Waals surface area contributed by atoms with E-state index in [0.717, 1.165) is 44.0 Å². The molecule has 1 N–H and O–H groups in total. The van der Waals surface area contributed by atoms with Gasteiger partial charge in [-0.1, -0.05) is 12.1 Å². The van der Waals surface area contributed by atoms with E-state index in [-0.39, 0.29) is 5.91 Å². The number of amides is 1. The number of piperazine rings is 1. The third-order valence-corrected chi connectivity index (χ3v) is 4.80. The number of rotatable bonds is 6. The summed E-state index contributed by atoms with van der Waals surface area (Å²) < 4.78 is 2.19. The molecule has 2 heterocycles. The van der Waals surface area contributed by atoms with Gasteiger partial charge < -0.3 is 9.88 Å². The van der Waals surface area contributed by atoms with Crippen LogP contribution in [-0.2, 0) is 11.3 Å². The van der Waals surface area contributed by atoms with Crippen molar-refractivity contribution >= 4 is 17.7 Å². The highest BCUT2D eigenvalue weighted by Gasteiger charge is 2.15. The molecule has 1 saturated heterocycles. The smallest absolute Gasteiger partial charge is 0.234 e. The molecular formula is C17H22N4OS. The second-order valence-corrected chi connectivity index (χ2v) is 6.53. The second-order valence-electron chi connectivity index (χ2n) is 5.65. The molecule has 1 aromatic carbocycles. The van der Waals surface area contributed by atoms with Gasteiger partial charge in [0.1, 0.15) is 5.82 Å². The minimum absolute atomic E-state index is 0.133. The summed E-state index contributed by atoms with van der Waals surface area (Å²) in [5, 5.41) is 2.86. The van der Waals surface area contributed by atoms with Crippen LogP contribution < -0.4 is 5.32 Å². The minimum Gasteiger partial charge on any atom is -0.354 e. The summed E-state index contributed by atoms with van der Waals surface area (Å²) in [5.74, 6) is 1.14. The lowest BCUT2D eigenvalue weighted by Gasteiger charge is -2.26. The average molecular weight is 330 g/mol. The highest BCUT2D eigenvalue weighted by Crippen LogP contribution is 2.22. The van der Waals surface area contributed by atoms with E-state index in [4.69, 9.17) is 0 Å². The van der Waals surface area contributed by atoms with Crippen molar-refractivity contribution in [1.29, 1.82) is 0 Å². The van der Waals surface area contributed by atoms with Crippen LogP contribution in [0.2, 0.25) is 0 Å². The first kappa shape index (κ1) is 16.1. The van der Waals surface area contributed by atoms with Crippen molar-refractivity contribution in [2.45, 2.75) is 17.9 Å². The van der Waals surface area contributed by atoms with Crippen molar-refractivity contribution in [3.8, 4) is 11.4 Å². The Labute approximate surface area is 141 Å². The molecule has 0 spiro atoms. The fourth-order valence-corrected chi connectivity index (χ4v) is 3.25. The Hall–Kier alpha value is -1.79. The number of thioether (sulfide) groups is 1. The van der Waals surface area contributed by atoms with Crippen molar-refractivity contribution in [1.82, 2.24) is 19.8 Å². The van der Waals surface area contributed by atoms with Crippen LogP contribution in [0, 0.1) is 0 Å². The Balaban J connectivity index is 1.58. The van der Waals surface area contributed by atoms with Crippen LogP contribution in [0.1, 0.15) is 6.42 Å². The minimum atomic E-state index is 0.133. The fraction of sp³-hybridized carbons (Fsp3) is 0.412. The number of hydrogen-bond donors (Lipinski definition) is 1. The number of hydrogen-bond acceptors (Lipinski definition) is 4. The SMILES string of the molecule is CSc1ccc(-c2nccn2CCCN2CCNC(=O)C2)cc1. The lowest BCUT2D eigenvalue weighted by Crippen LogP contribution is -2.47. The quantitative estimate of drug-likeness (QED) is 0.824. The zero-order chi connectivity index (χ0) is 16.1. The van der Waals surface area contributed by atoms with Crippen molar-refractivity contribution in [3.63, 3.8) is 0 Å². The van der Waals surface area contributed by atoms with Crippen molar-refractivity contribution in [2.75, 3.05) is 32.4 Å². The number of benzene rings is 1. The van der Waals surface area contributed by atoms with Gasteiger partial charge in [0.05, 0.1) is 6.54 Å². The monoisotopic (exact) mass is 330 g/mol. The van der Waals surface area contributed by atoms with E-state index in [0.29, 0.717) is 6.54 Å². The van der Waals surface area contributed by atoms with Crippen molar-refractivity contribution in [2.24, 2.45) is 0 Å². The van der Waals surface area contributed by atoms with Crippen LogP contribution in [0.3, 0.4) is 0 Å². The average Bonchev–Trinajstić information content (AvgIpc) is 3.03. The molecule has 1 aliphatic rings. The highest BCUT2D eigenvalue weighted by atomic mass is 32.2. The first-order chi connectivity index (χ1) is 11.3. The summed E-state index contributed by atoms with van der Waals surface area (Å²) in [4.78, 5) is 19.4. The maximum absolute atomic E-state index is 11.4. The Morgan fingerprint density at radius 3 is 2.83 bits per heavy atom. The molecule has 0 atom stereocenters. The summed E-state index contributed by atoms with van der Waals surface area (Å²) in [6, 6.07) is 8.51. The van der Waals surface area contributed by atoms with Crippen LogP contribution in [0.15, 0.2) is 41.6 Å². The van der Waals surface area contributed by atoms with Crippen LogP contribution >= 0.6 is 11.8 Å². The zero-order valence-electron chi connectivity index (χ0n) is 13.4. The van der Waals surface area contributed by atoms with Gasteiger partial charge in [0, 0.05) is 49.0 Å². The van der Waals surface area contributed by atoms with E-state index in [2.05, 4.69) is 50.3 Å². The summed E-state index contributed by atoms with van der Waals surface area (Å²) in [7, 11) is 0. The number of nitrogens with zero attached hydrogens (tertiary/aromatic N) is 3. The molecule has 0 unspecified atom stereocenters. The number of carbonyl (C=O) groups excluding carboxylic acids is 1. The topological polar surface area (TPSA) is 50.2 Å². The maximum Gasteiger partial charge on any atom is 0.234 e. The summed E-state index contributed by atoms with van der Waals surface area (Å²) in [6.45, 7) is 4.08. The highest BCUT2D eigenvalue weighted by molar-refractivity contribution is 7.98. The van der Waals surface area contributed by atoms with Crippen LogP contribution in [-0.4, -0.2) is 52.8 Å². The molecule has 122 valence electrons. The van der Waals surface area contributed by atoms with E-state index in [1.165, 1.54) is 4.90 Å².